The van der Waals surface area contributed by atoms with Crippen LogP contribution in [0.5, 0.6) is 5.75 Å². The Hall–Kier alpha value is -1.97. The van der Waals surface area contributed by atoms with E-state index in [1.165, 1.54) is 64.2 Å². The highest BCUT2D eigenvalue weighted by molar-refractivity contribution is 5.83. The van der Waals surface area contributed by atoms with Crippen LogP contribution in [0.15, 0.2) is 29.4 Å². The van der Waals surface area contributed by atoms with Gasteiger partial charge in [-0.15, -0.1) is 0 Å². The van der Waals surface area contributed by atoms with Crippen molar-refractivity contribution in [2.75, 3.05) is 13.7 Å². The summed E-state index contributed by atoms with van der Waals surface area (Å²) in [4.78, 5) is 11.1. The Morgan fingerprint density at radius 2 is 1.65 bits per heavy atom. The third-order valence-corrected chi connectivity index (χ3v) is 4.78. The summed E-state index contributed by atoms with van der Waals surface area (Å²) >= 11 is 0. The first-order valence-corrected chi connectivity index (χ1v) is 10.3. The molecule has 0 atom stereocenters. The Bertz CT molecular complexity index is 613. The largest absolute Gasteiger partial charge is 0.494 e. The molecular formula is C22H35N3O. The number of methoxy groups -OCH3 is 1. The van der Waals surface area contributed by atoms with Crippen LogP contribution in [0, 0.1) is 0 Å². The first-order valence-electron chi connectivity index (χ1n) is 10.3. The Labute approximate surface area is 158 Å². The van der Waals surface area contributed by atoms with Crippen molar-refractivity contribution < 1.29 is 4.74 Å². The summed E-state index contributed by atoms with van der Waals surface area (Å²) in [5, 5.41) is 0. The van der Waals surface area contributed by atoms with Crippen molar-refractivity contribution in [3.05, 3.63) is 30.1 Å². The van der Waals surface area contributed by atoms with Gasteiger partial charge in [-0.1, -0.05) is 64.7 Å². The third-order valence-electron chi connectivity index (χ3n) is 4.78. The quantitative estimate of drug-likeness (QED) is 0.300. The van der Waals surface area contributed by atoms with Crippen molar-refractivity contribution in [1.29, 1.82) is 0 Å². The molecule has 0 amide bonds. The number of aromatic nitrogens is 2. The van der Waals surface area contributed by atoms with Gasteiger partial charge in [-0.25, -0.2) is 0 Å². The number of aromatic amines is 2. The van der Waals surface area contributed by atoms with E-state index in [-0.39, 0.29) is 0 Å². The molecule has 4 nitrogen and oxygen atoms in total. The number of hydrogen-bond donors (Lipinski definition) is 2. The molecule has 0 saturated carbocycles. The molecule has 0 aromatic carbocycles. The van der Waals surface area contributed by atoms with Gasteiger partial charge in [0.25, 0.3) is 0 Å². The van der Waals surface area contributed by atoms with E-state index in [9.17, 15) is 0 Å². The zero-order chi connectivity index (χ0) is 18.5. The lowest BCUT2D eigenvalue weighted by Gasteiger charge is -2.01. The van der Waals surface area contributed by atoms with Crippen LogP contribution in [-0.2, 0) is 0 Å². The maximum atomic E-state index is 5.45. The molecule has 0 saturated heterocycles. The zero-order valence-corrected chi connectivity index (χ0v) is 16.5. The summed E-state index contributed by atoms with van der Waals surface area (Å²) in [7, 11) is 1.70. The topological polar surface area (TPSA) is 53.2 Å². The monoisotopic (exact) mass is 357 g/mol. The third kappa shape index (κ3) is 7.11. The fourth-order valence-electron chi connectivity index (χ4n) is 3.21. The maximum absolute atomic E-state index is 5.45. The first kappa shape index (κ1) is 20.3. The van der Waals surface area contributed by atoms with Crippen LogP contribution in [0.4, 0.5) is 0 Å². The molecule has 2 aromatic heterocycles. The normalized spacial score (nSPS) is 11.5. The Kier molecular flexibility index (Phi) is 9.70. The second kappa shape index (κ2) is 12.4. The number of nitrogens with zero attached hydrogens (tertiary/aromatic N) is 1. The van der Waals surface area contributed by atoms with Gasteiger partial charge in [-0.05, 0) is 18.6 Å². The lowest BCUT2D eigenvalue weighted by molar-refractivity contribution is 0.415. The Morgan fingerprint density at radius 3 is 2.27 bits per heavy atom. The molecule has 2 heterocycles. The van der Waals surface area contributed by atoms with Crippen molar-refractivity contribution in [3.8, 4) is 17.1 Å². The van der Waals surface area contributed by atoms with Gasteiger partial charge in [0, 0.05) is 25.0 Å². The van der Waals surface area contributed by atoms with Crippen LogP contribution in [0.1, 0.15) is 76.8 Å². The van der Waals surface area contributed by atoms with E-state index < -0.39 is 0 Å². The number of rotatable bonds is 14. The molecule has 0 aliphatic rings. The Balaban J connectivity index is 1.60. The van der Waals surface area contributed by atoms with Gasteiger partial charge in [-0.2, -0.15) is 0 Å². The van der Waals surface area contributed by atoms with E-state index in [1.807, 2.05) is 30.6 Å². The molecule has 4 heteroatoms. The summed E-state index contributed by atoms with van der Waals surface area (Å²) in [5.74, 6) is 0.835. The molecule has 0 aliphatic carbocycles. The highest BCUT2D eigenvalue weighted by Gasteiger charge is 2.08. The number of aliphatic imine (C=N–C) groups is 1. The van der Waals surface area contributed by atoms with Crippen LogP contribution in [0.2, 0.25) is 0 Å². The molecule has 0 bridgehead atoms. The highest BCUT2D eigenvalue weighted by Crippen LogP contribution is 2.25. The summed E-state index contributed by atoms with van der Waals surface area (Å²) in [6.07, 6.45) is 17.4. The summed E-state index contributed by atoms with van der Waals surface area (Å²) < 4.78 is 5.45. The minimum atomic E-state index is 0.835. The lowest BCUT2D eigenvalue weighted by atomic mass is 10.1. The predicted molar refractivity (Wildman–Crippen MR) is 111 cm³/mol. The van der Waals surface area contributed by atoms with Crippen molar-refractivity contribution in [2.24, 2.45) is 4.99 Å². The molecule has 0 radical (unpaired) electrons. The van der Waals surface area contributed by atoms with Gasteiger partial charge in [0.2, 0.25) is 0 Å². The molecule has 144 valence electrons. The van der Waals surface area contributed by atoms with Crippen LogP contribution in [-0.4, -0.2) is 29.8 Å². The number of H-pyrrole nitrogens is 2. The molecule has 0 unspecified atom stereocenters. The average Bonchev–Trinajstić information content (AvgIpc) is 3.32. The van der Waals surface area contributed by atoms with Crippen LogP contribution < -0.4 is 4.74 Å². The summed E-state index contributed by atoms with van der Waals surface area (Å²) in [6, 6.07) is 6.03. The molecular weight excluding hydrogens is 322 g/mol. The number of unbranched alkanes of at least 4 members (excludes halogenated alkanes) is 9. The van der Waals surface area contributed by atoms with E-state index in [0.29, 0.717) is 0 Å². The van der Waals surface area contributed by atoms with Crippen molar-refractivity contribution in [3.63, 3.8) is 0 Å². The van der Waals surface area contributed by atoms with Crippen molar-refractivity contribution >= 4 is 6.21 Å². The van der Waals surface area contributed by atoms with E-state index >= 15 is 0 Å². The number of hydrogen-bond acceptors (Lipinski definition) is 2. The van der Waals surface area contributed by atoms with E-state index in [4.69, 9.17) is 4.74 Å². The van der Waals surface area contributed by atoms with Crippen molar-refractivity contribution in [2.45, 2.75) is 71.1 Å². The fourth-order valence-corrected chi connectivity index (χ4v) is 3.21. The standard InChI is InChI=1S/C22H35N3O/c1-3-4-5-6-7-8-9-10-11-12-15-23-18-21-22(26-2)17-20(25-21)19-14-13-16-24-19/h13-14,16-18,24-25H,3-12,15H2,1-2H3. The first-order chi connectivity index (χ1) is 12.8. The molecule has 26 heavy (non-hydrogen) atoms. The summed E-state index contributed by atoms with van der Waals surface area (Å²) in [6.45, 7) is 3.16. The molecule has 2 N–H and O–H groups in total. The van der Waals surface area contributed by atoms with Crippen LogP contribution >= 0.6 is 0 Å². The van der Waals surface area contributed by atoms with Gasteiger partial charge in [0.1, 0.15) is 5.75 Å². The van der Waals surface area contributed by atoms with E-state index in [1.54, 1.807) is 7.11 Å². The SMILES string of the molecule is CCCCCCCCCCCCN=Cc1[nH]c(-c2ccc[nH]2)cc1OC. The minimum Gasteiger partial charge on any atom is -0.494 e. The molecule has 2 rings (SSSR count). The molecule has 0 fully saturated rings. The smallest absolute Gasteiger partial charge is 0.146 e. The molecule has 0 aliphatic heterocycles. The average molecular weight is 358 g/mol. The Morgan fingerprint density at radius 1 is 0.962 bits per heavy atom. The van der Waals surface area contributed by atoms with Crippen LogP contribution in [0.3, 0.4) is 0 Å². The van der Waals surface area contributed by atoms with E-state index in [2.05, 4.69) is 21.9 Å². The van der Waals surface area contributed by atoms with Crippen molar-refractivity contribution in [1.82, 2.24) is 9.97 Å². The fraction of sp³-hybridized carbons (Fsp3) is 0.591. The van der Waals surface area contributed by atoms with Gasteiger partial charge < -0.3 is 14.7 Å². The number of ether oxygens (including phenoxy) is 1. The van der Waals surface area contributed by atoms with E-state index in [0.717, 1.165) is 29.4 Å². The maximum Gasteiger partial charge on any atom is 0.146 e. The zero-order valence-electron chi connectivity index (χ0n) is 16.5. The minimum absolute atomic E-state index is 0.835. The predicted octanol–water partition coefficient (Wildman–Crippen LogP) is 6.36. The molecule has 0 spiro atoms. The molecule has 2 aromatic rings. The van der Waals surface area contributed by atoms with Gasteiger partial charge in [0.15, 0.2) is 0 Å². The van der Waals surface area contributed by atoms with Gasteiger partial charge in [0.05, 0.1) is 24.2 Å². The second-order valence-corrected chi connectivity index (χ2v) is 6.97. The lowest BCUT2D eigenvalue weighted by Crippen LogP contribution is -1.90. The highest BCUT2D eigenvalue weighted by atomic mass is 16.5. The van der Waals surface area contributed by atoms with Crippen LogP contribution in [0.25, 0.3) is 11.4 Å². The number of nitrogens with one attached hydrogen (secondary N) is 2. The van der Waals surface area contributed by atoms with Gasteiger partial charge >= 0.3 is 0 Å². The second-order valence-electron chi connectivity index (χ2n) is 6.97. The summed E-state index contributed by atoms with van der Waals surface area (Å²) in [5.41, 5.74) is 3.01. The van der Waals surface area contributed by atoms with Gasteiger partial charge in [-0.3, -0.25) is 4.99 Å².